The standard InChI is InChI=1S/C14H21NO/c1-5-6-13(15)11-7-9-12(10-8-11)16-14(2,3)4/h5,7-10,13H,1,6,15H2,2-4H3/t13-/m1/s1. The van der Waals surface area contributed by atoms with E-state index in [0.717, 1.165) is 17.7 Å². The molecule has 0 aliphatic carbocycles. The fourth-order valence-corrected chi connectivity index (χ4v) is 1.45. The van der Waals surface area contributed by atoms with Crippen molar-refractivity contribution in [3.8, 4) is 5.75 Å². The van der Waals surface area contributed by atoms with Crippen LogP contribution in [0.2, 0.25) is 0 Å². The van der Waals surface area contributed by atoms with Gasteiger partial charge in [-0.25, -0.2) is 0 Å². The number of rotatable bonds is 4. The molecule has 1 rings (SSSR count). The summed E-state index contributed by atoms with van der Waals surface area (Å²) in [6.45, 7) is 9.78. The Bertz CT molecular complexity index is 335. The van der Waals surface area contributed by atoms with Gasteiger partial charge in [-0.05, 0) is 44.9 Å². The molecule has 0 aromatic heterocycles. The summed E-state index contributed by atoms with van der Waals surface area (Å²) in [5.41, 5.74) is 6.92. The minimum absolute atomic E-state index is 0.0289. The predicted molar refractivity (Wildman–Crippen MR) is 68.6 cm³/mol. The van der Waals surface area contributed by atoms with Gasteiger partial charge in [-0.15, -0.1) is 6.58 Å². The second-order valence-corrected chi connectivity index (χ2v) is 4.91. The number of ether oxygens (including phenoxy) is 1. The van der Waals surface area contributed by atoms with E-state index >= 15 is 0 Å². The molecule has 1 aromatic carbocycles. The predicted octanol–water partition coefficient (Wildman–Crippen LogP) is 3.44. The first kappa shape index (κ1) is 12.8. The Morgan fingerprint density at radius 3 is 2.31 bits per heavy atom. The first-order chi connectivity index (χ1) is 7.42. The van der Waals surface area contributed by atoms with Crippen molar-refractivity contribution in [1.29, 1.82) is 0 Å². The van der Waals surface area contributed by atoms with Crippen LogP contribution in [0.4, 0.5) is 0 Å². The van der Waals surface area contributed by atoms with Gasteiger partial charge in [0, 0.05) is 6.04 Å². The lowest BCUT2D eigenvalue weighted by Crippen LogP contribution is -2.22. The summed E-state index contributed by atoms with van der Waals surface area (Å²) in [6, 6.07) is 7.97. The van der Waals surface area contributed by atoms with E-state index in [1.54, 1.807) is 0 Å². The highest BCUT2D eigenvalue weighted by Crippen LogP contribution is 2.21. The molecule has 0 unspecified atom stereocenters. The molecule has 0 saturated heterocycles. The van der Waals surface area contributed by atoms with Gasteiger partial charge in [0.05, 0.1) is 0 Å². The van der Waals surface area contributed by atoms with Crippen molar-refractivity contribution in [2.45, 2.75) is 38.8 Å². The van der Waals surface area contributed by atoms with E-state index in [1.807, 2.05) is 51.1 Å². The molecular formula is C14H21NO. The van der Waals surface area contributed by atoms with Gasteiger partial charge in [-0.1, -0.05) is 18.2 Å². The molecule has 0 saturated carbocycles. The lowest BCUT2D eigenvalue weighted by molar-refractivity contribution is 0.131. The third kappa shape index (κ3) is 4.07. The van der Waals surface area contributed by atoms with Gasteiger partial charge >= 0.3 is 0 Å². The lowest BCUT2D eigenvalue weighted by atomic mass is 10.0. The van der Waals surface area contributed by atoms with Crippen LogP contribution in [0.15, 0.2) is 36.9 Å². The van der Waals surface area contributed by atoms with E-state index in [1.165, 1.54) is 0 Å². The molecular weight excluding hydrogens is 198 g/mol. The van der Waals surface area contributed by atoms with Crippen molar-refractivity contribution < 1.29 is 4.74 Å². The zero-order valence-electron chi connectivity index (χ0n) is 10.4. The Morgan fingerprint density at radius 1 is 1.31 bits per heavy atom. The molecule has 0 spiro atoms. The fraction of sp³-hybridized carbons (Fsp3) is 0.429. The Morgan fingerprint density at radius 2 is 1.88 bits per heavy atom. The van der Waals surface area contributed by atoms with Gasteiger partial charge < -0.3 is 10.5 Å². The summed E-state index contributed by atoms with van der Waals surface area (Å²) in [4.78, 5) is 0. The van der Waals surface area contributed by atoms with Crippen LogP contribution in [0.3, 0.4) is 0 Å². The first-order valence-corrected chi connectivity index (χ1v) is 5.58. The maximum absolute atomic E-state index is 5.97. The maximum Gasteiger partial charge on any atom is 0.120 e. The number of nitrogens with two attached hydrogens (primary N) is 1. The maximum atomic E-state index is 5.97. The van der Waals surface area contributed by atoms with E-state index < -0.39 is 0 Å². The summed E-state index contributed by atoms with van der Waals surface area (Å²) < 4.78 is 5.74. The van der Waals surface area contributed by atoms with Gasteiger partial charge in [0.25, 0.3) is 0 Å². The molecule has 2 N–H and O–H groups in total. The van der Waals surface area contributed by atoms with E-state index in [2.05, 4.69) is 6.58 Å². The minimum atomic E-state index is -0.162. The highest BCUT2D eigenvalue weighted by atomic mass is 16.5. The largest absolute Gasteiger partial charge is 0.488 e. The zero-order chi connectivity index (χ0) is 12.2. The normalized spacial score (nSPS) is 13.2. The highest BCUT2D eigenvalue weighted by Gasteiger charge is 2.11. The van der Waals surface area contributed by atoms with E-state index in [-0.39, 0.29) is 11.6 Å². The monoisotopic (exact) mass is 219 g/mol. The van der Waals surface area contributed by atoms with Crippen molar-refractivity contribution in [3.63, 3.8) is 0 Å². The molecule has 0 fully saturated rings. The molecule has 1 aromatic rings. The van der Waals surface area contributed by atoms with Crippen molar-refractivity contribution in [3.05, 3.63) is 42.5 Å². The van der Waals surface area contributed by atoms with Gasteiger partial charge in [-0.2, -0.15) is 0 Å². The topological polar surface area (TPSA) is 35.2 Å². The summed E-state index contributed by atoms with van der Waals surface area (Å²) in [5.74, 6) is 0.877. The van der Waals surface area contributed by atoms with Crippen LogP contribution in [0.1, 0.15) is 38.8 Å². The fourth-order valence-electron chi connectivity index (χ4n) is 1.45. The average Bonchev–Trinajstić information content (AvgIpc) is 2.16. The Kier molecular flexibility index (Phi) is 4.13. The highest BCUT2D eigenvalue weighted by molar-refractivity contribution is 5.29. The van der Waals surface area contributed by atoms with Crippen LogP contribution in [0.5, 0.6) is 5.75 Å². The minimum Gasteiger partial charge on any atom is -0.488 e. The van der Waals surface area contributed by atoms with Gasteiger partial charge in [0.1, 0.15) is 11.4 Å². The second kappa shape index (κ2) is 5.17. The molecule has 2 nitrogen and oxygen atoms in total. The summed E-state index contributed by atoms with van der Waals surface area (Å²) in [5, 5.41) is 0. The summed E-state index contributed by atoms with van der Waals surface area (Å²) in [6.07, 6.45) is 2.63. The molecule has 1 atom stereocenters. The summed E-state index contributed by atoms with van der Waals surface area (Å²) in [7, 11) is 0. The van der Waals surface area contributed by atoms with Gasteiger partial charge in [0.2, 0.25) is 0 Å². The molecule has 0 aliphatic heterocycles. The van der Waals surface area contributed by atoms with Crippen LogP contribution >= 0.6 is 0 Å². The van der Waals surface area contributed by atoms with Crippen molar-refractivity contribution >= 4 is 0 Å². The van der Waals surface area contributed by atoms with E-state index in [0.29, 0.717) is 0 Å². The molecule has 0 bridgehead atoms. The third-order valence-corrected chi connectivity index (χ3v) is 2.15. The SMILES string of the molecule is C=CC[C@@H](N)c1ccc(OC(C)(C)C)cc1. The average molecular weight is 219 g/mol. The molecule has 0 aliphatic rings. The van der Waals surface area contributed by atoms with Crippen molar-refractivity contribution in [2.24, 2.45) is 5.73 Å². The van der Waals surface area contributed by atoms with Gasteiger partial charge in [-0.3, -0.25) is 0 Å². The second-order valence-electron chi connectivity index (χ2n) is 4.91. The van der Waals surface area contributed by atoms with Crippen LogP contribution in [0.25, 0.3) is 0 Å². The van der Waals surface area contributed by atoms with Crippen molar-refractivity contribution in [2.75, 3.05) is 0 Å². The van der Waals surface area contributed by atoms with Gasteiger partial charge in [0.15, 0.2) is 0 Å². The lowest BCUT2D eigenvalue weighted by Gasteiger charge is -2.21. The number of hydrogen-bond acceptors (Lipinski definition) is 2. The third-order valence-electron chi connectivity index (χ3n) is 2.15. The molecule has 0 amide bonds. The Hall–Kier alpha value is -1.28. The molecule has 2 heteroatoms. The Balaban J connectivity index is 2.71. The van der Waals surface area contributed by atoms with Crippen molar-refractivity contribution in [1.82, 2.24) is 0 Å². The zero-order valence-corrected chi connectivity index (χ0v) is 10.4. The Labute approximate surface area is 98.1 Å². The van der Waals surface area contributed by atoms with Crippen LogP contribution in [0, 0.1) is 0 Å². The van der Waals surface area contributed by atoms with Crippen LogP contribution < -0.4 is 10.5 Å². The molecule has 88 valence electrons. The van der Waals surface area contributed by atoms with Crippen LogP contribution in [-0.2, 0) is 0 Å². The summed E-state index contributed by atoms with van der Waals surface area (Å²) >= 11 is 0. The van der Waals surface area contributed by atoms with Crippen LogP contribution in [-0.4, -0.2) is 5.60 Å². The number of benzene rings is 1. The number of hydrogen-bond donors (Lipinski definition) is 1. The quantitative estimate of drug-likeness (QED) is 0.787. The molecule has 0 radical (unpaired) electrons. The molecule has 0 heterocycles. The smallest absolute Gasteiger partial charge is 0.120 e. The van der Waals surface area contributed by atoms with E-state index in [9.17, 15) is 0 Å². The first-order valence-electron chi connectivity index (χ1n) is 5.58. The molecule has 16 heavy (non-hydrogen) atoms. The van der Waals surface area contributed by atoms with E-state index in [4.69, 9.17) is 10.5 Å².